The van der Waals surface area contributed by atoms with Gasteiger partial charge in [-0.3, -0.25) is 0 Å². The molecule has 2 rings (SSSR count). The van der Waals surface area contributed by atoms with E-state index in [1.54, 1.807) is 12.2 Å². The molecule has 2 aromatic rings. The molecule has 0 radical (unpaired) electrons. The molecule has 0 amide bonds. The Kier molecular flexibility index (Phi) is 10.1. The molecular weight excluding hydrogens is 392 g/mol. The monoisotopic (exact) mass is 426 g/mol. The molecule has 0 bridgehead atoms. The van der Waals surface area contributed by atoms with Crippen LogP contribution in [0.5, 0.6) is 11.5 Å². The van der Waals surface area contributed by atoms with Gasteiger partial charge >= 0.3 is 0 Å². The molecule has 0 aliphatic carbocycles. The molecule has 0 saturated heterocycles. The Balaban J connectivity index is 2.72. The summed E-state index contributed by atoms with van der Waals surface area (Å²) in [7, 11) is 0. The Morgan fingerprint density at radius 3 is 0.969 bits per heavy atom. The van der Waals surface area contributed by atoms with E-state index in [0.717, 1.165) is 44.9 Å². The second kappa shape index (κ2) is 13.0. The summed E-state index contributed by atoms with van der Waals surface area (Å²) in [6.07, 6.45) is 14.0. The largest absolute Gasteiger partial charge is 0.489 e. The predicted molar refractivity (Wildman–Crippen MR) is 139 cm³/mol. The molecular formula is C30H34O2. The smallest absolute Gasteiger partial charge is 0.126 e. The zero-order valence-corrected chi connectivity index (χ0v) is 19.1. The van der Waals surface area contributed by atoms with Crippen LogP contribution in [0.2, 0.25) is 0 Å². The summed E-state index contributed by atoms with van der Waals surface area (Å²) >= 11 is 0. The van der Waals surface area contributed by atoms with Gasteiger partial charge in [0.25, 0.3) is 0 Å². The summed E-state index contributed by atoms with van der Waals surface area (Å²) in [5, 5.41) is 0. The van der Waals surface area contributed by atoms with Crippen molar-refractivity contribution in [3.8, 4) is 22.6 Å². The molecule has 0 spiro atoms. The zero-order chi connectivity index (χ0) is 23.3. The second-order valence-electron chi connectivity index (χ2n) is 7.42. The van der Waals surface area contributed by atoms with E-state index in [1.165, 1.54) is 0 Å². The first-order valence-corrected chi connectivity index (χ1v) is 10.9. The Hall–Kier alpha value is -3.52. The first-order valence-electron chi connectivity index (χ1n) is 10.9. The molecule has 0 fully saturated rings. The SMILES string of the molecule is C=CCOc1c(CC=C)cc(-c2cc(CC=C)c(OCC=C)c(CC=C)c2)cc1CC=C. The Bertz CT molecular complexity index is 850. The summed E-state index contributed by atoms with van der Waals surface area (Å²) in [4.78, 5) is 0. The highest BCUT2D eigenvalue weighted by atomic mass is 16.5. The van der Waals surface area contributed by atoms with Gasteiger partial charge < -0.3 is 9.47 Å². The Morgan fingerprint density at radius 2 is 0.750 bits per heavy atom. The van der Waals surface area contributed by atoms with Crippen LogP contribution < -0.4 is 9.47 Å². The maximum absolute atomic E-state index is 6.03. The van der Waals surface area contributed by atoms with Gasteiger partial charge in [0.2, 0.25) is 0 Å². The van der Waals surface area contributed by atoms with Crippen LogP contribution in [0.15, 0.2) is 100 Å². The fourth-order valence-corrected chi connectivity index (χ4v) is 3.73. The van der Waals surface area contributed by atoms with Crippen LogP contribution in [0, 0.1) is 0 Å². The van der Waals surface area contributed by atoms with E-state index in [2.05, 4.69) is 63.7 Å². The van der Waals surface area contributed by atoms with Gasteiger partial charge in [0.1, 0.15) is 24.7 Å². The number of rotatable bonds is 15. The molecule has 0 aromatic heterocycles. The van der Waals surface area contributed by atoms with Crippen molar-refractivity contribution >= 4 is 0 Å². The maximum Gasteiger partial charge on any atom is 0.126 e. The molecule has 0 heterocycles. The summed E-state index contributed by atoms with van der Waals surface area (Å²) in [5.74, 6) is 1.77. The summed E-state index contributed by atoms with van der Waals surface area (Å²) < 4.78 is 12.1. The first-order chi connectivity index (χ1) is 15.6. The first kappa shape index (κ1) is 24.7. The molecule has 2 heteroatoms. The minimum Gasteiger partial charge on any atom is -0.489 e. The molecule has 0 unspecified atom stereocenters. The van der Waals surface area contributed by atoms with Gasteiger partial charge in [-0.05, 0) is 83.3 Å². The fourth-order valence-electron chi connectivity index (χ4n) is 3.73. The van der Waals surface area contributed by atoms with E-state index in [4.69, 9.17) is 9.47 Å². The molecule has 32 heavy (non-hydrogen) atoms. The van der Waals surface area contributed by atoms with Gasteiger partial charge in [-0.25, -0.2) is 0 Å². The van der Waals surface area contributed by atoms with E-state index in [9.17, 15) is 0 Å². The van der Waals surface area contributed by atoms with Crippen LogP contribution in [-0.4, -0.2) is 13.2 Å². The van der Waals surface area contributed by atoms with Crippen molar-refractivity contribution in [2.45, 2.75) is 25.7 Å². The second-order valence-corrected chi connectivity index (χ2v) is 7.42. The van der Waals surface area contributed by atoms with Gasteiger partial charge in [0.05, 0.1) is 0 Å². The lowest BCUT2D eigenvalue weighted by molar-refractivity contribution is 0.356. The van der Waals surface area contributed by atoms with Crippen molar-refractivity contribution in [3.05, 3.63) is 122 Å². The molecule has 0 aliphatic heterocycles. The van der Waals surface area contributed by atoms with Crippen LogP contribution in [0.4, 0.5) is 0 Å². The average Bonchev–Trinajstić information content (AvgIpc) is 2.78. The third kappa shape index (κ3) is 6.24. The number of benzene rings is 2. The highest BCUT2D eigenvalue weighted by Gasteiger charge is 2.16. The highest BCUT2D eigenvalue weighted by Crippen LogP contribution is 2.36. The van der Waals surface area contributed by atoms with E-state index < -0.39 is 0 Å². The van der Waals surface area contributed by atoms with Gasteiger partial charge in [0, 0.05) is 0 Å². The number of ether oxygens (including phenoxy) is 2. The number of hydrogen-bond acceptors (Lipinski definition) is 2. The lowest BCUT2D eigenvalue weighted by Gasteiger charge is -2.19. The van der Waals surface area contributed by atoms with Crippen molar-refractivity contribution in [1.29, 1.82) is 0 Å². The van der Waals surface area contributed by atoms with Gasteiger partial charge in [-0.1, -0.05) is 49.6 Å². The molecule has 2 aromatic carbocycles. The van der Waals surface area contributed by atoms with Crippen molar-refractivity contribution in [3.63, 3.8) is 0 Å². The van der Waals surface area contributed by atoms with Gasteiger partial charge in [-0.2, -0.15) is 0 Å². The van der Waals surface area contributed by atoms with Gasteiger partial charge in [0.15, 0.2) is 0 Å². The van der Waals surface area contributed by atoms with E-state index in [0.29, 0.717) is 38.9 Å². The van der Waals surface area contributed by atoms with Crippen LogP contribution in [0.1, 0.15) is 22.3 Å². The molecule has 0 N–H and O–H groups in total. The van der Waals surface area contributed by atoms with Crippen molar-refractivity contribution in [1.82, 2.24) is 0 Å². The Morgan fingerprint density at radius 1 is 0.469 bits per heavy atom. The van der Waals surface area contributed by atoms with E-state index >= 15 is 0 Å². The van der Waals surface area contributed by atoms with Crippen molar-refractivity contribution < 1.29 is 9.47 Å². The van der Waals surface area contributed by atoms with Crippen LogP contribution in [-0.2, 0) is 25.7 Å². The normalized spacial score (nSPS) is 10.1. The molecule has 0 aliphatic rings. The minimum atomic E-state index is 0.454. The van der Waals surface area contributed by atoms with Crippen molar-refractivity contribution in [2.75, 3.05) is 13.2 Å². The topological polar surface area (TPSA) is 18.5 Å². The van der Waals surface area contributed by atoms with Crippen molar-refractivity contribution in [2.24, 2.45) is 0 Å². The molecule has 0 saturated carbocycles. The molecule has 166 valence electrons. The third-order valence-corrected chi connectivity index (χ3v) is 4.97. The third-order valence-electron chi connectivity index (χ3n) is 4.97. The zero-order valence-electron chi connectivity index (χ0n) is 19.1. The highest BCUT2D eigenvalue weighted by molar-refractivity contribution is 5.71. The van der Waals surface area contributed by atoms with E-state index in [1.807, 2.05) is 24.3 Å². The van der Waals surface area contributed by atoms with Crippen LogP contribution >= 0.6 is 0 Å². The fraction of sp³-hybridized carbons (Fsp3) is 0.200. The lowest BCUT2D eigenvalue weighted by Crippen LogP contribution is -2.04. The minimum absolute atomic E-state index is 0.454. The lowest BCUT2D eigenvalue weighted by atomic mass is 9.92. The summed E-state index contributed by atoms with van der Waals surface area (Å²) in [5.41, 5.74) is 6.63. The Labute approximate surface area is 193 Å². The average molecular weight is 427 g/mol. The van der Waals surface area contributed by atoms with Gasteiger partial charge in [-0.15, -0.1) is 26.3 Å². The number of hydrogen-bond donors (Lipinski definition) is 0. The quantitative estimate of drug-likeness (QED) is 0.276. The standard InChI is InChI=1S/C30H34O2/c1-7-13-23-19-27(20-24(14-8-2)29(23)31-17-11-5)28-21-25(15-9-3)30(32-18-12-6)26(22-28)16-10-4/h7-12,19-22H,1-6,13-18H2. The number of allylic oxidation sites excluding steroid dienone is 4. The predicted octanol–water partition coefficient (Wildman–Crippen LogP) is 7.40. The van der Waals surface area contributed by atoms with E-state index in [-0.39, 0.29) is 0 Å². The summed E-state index contributed by atoms with van der Waals surface area (Å²) in [6.45, 7) is 24.2. The molecule has 0 atom stereocenters. The molecule has 2 nitrogen and oxygen atoms in total. The van der Waals surface area contributed by atoms with Crippen LogP contribution in [0.3, 0.4) is 0 Å². The maximum atomic E-state index is 6.03. The summed E-state index contributed by atoms with van der Waals surface area (Å²) in [6, 6.07) is 8.73. The van der Waals surface area contributed by atoms with Crippen LogP contribution in [0.25, 0.3) is 11.1 Å².